The second kappa shape index (κ2) is 5.96. The lowest BCUT2D eigenvalue weighted by atomic mass is 10.1. The fraction of sp³-hybridized carbons (Fsp3) is 0.0667. The zero-order valence-electron chi connectivity index (χ0n) is 11.2. The quantitative estimate of drug-likeness (QED) is 0.301. The molecule has 0 saturated carbocycles. The number of anilines is 1. The number of hydrogen-bond donors (Lipinski definition) is 4. The molecule has 0 aliphatic rings. The number of carbonyl (C=O) groups excluding carboxylic acids is 1. The number of phenols is 2. The fourth-order valence-corrected chi connectivity index (χ4v) is 1.86. The van der Waals surface area contributed by atoms with Gasteiger partial charge < -0.3 is 20.7 Å². The Hall–Kier alpha value is -3.02. The van der Waals surface area contributed by atoms with Crippen molar-refractivity contribution >= 4 is 17.3 Å². The molecule has 0 spiro atoms. The summed E-state index contributed by atoms with van der Waals surface area (Å²) < 4.78 is 0. The number of hydrogen-bond acceptors (Lipinski definition) is 5. The van der Waals surface area contributed by atoms with Crippen molar-refractivity contribution in [3.05, 3.63) is 53.6 Å². The molecule has 2 rings (SSSR count). The minimum Gasteiger partial charge on any atom is -0.508 e. The smallest absolute Gasteiger partial charge is 0.259 e. The van der Waals surface area contributed by atoms with E-state index >= 15 is 0 Å². The maximum Gasteiger partial charge on any atom is 0.259 e. The Bertz CT molecular complexity index is 711. The van der Waals surface area contributed by atoms with E-state index in [1.54, 1.807) is 31.2 Å². The summed E-state index contributed by atoms with van der Waals surface area (Å²) in [6.07, 6.45) is 0. The van der Waals surface area contributed by atoms with Crippen molar-refractivity contribution in [1.29, 1.82) is 0 Å². The molecule has 0 bridgehead atoms. The third kappa shape index (κ3) is 3.11. The number of nitrogens with one attached hydrogen (secondary N) is 1. The Morgan fingerprint density at radius 3 is 2.52 bits per heavy atom. The number of carbonyl (C=O) groups is 1. The van der Waals surface area contributed by atoms with Crippen LogP contribution in [0.2, 0.25) is 0 Å². The highest BCUT2D eigenvalue weighted by Crippen LogP contribution is 2.24. The first-order chi connectivity index (χ1) is 10.0. The number of benzene rings is 2. The first kappa shape index (κ1) is 14.4. The average molecular weight is 286 g/mol. The molecule has 2 aromatic rings. The molecule has 6 nitrogen and oxygen atoms in total. The number of amides is 1. The van der Waals surface area contributed by atoms with Gasteiger partial charge in [0.25, 0.3) is 5.91 Å². The van der Waals surface area contributed by atoms with Crippen LogP contribution in [0.4, 0.5) is 5.69 Å². The Kier molecular flexibility index (Phi) is 4.08. The summed E-state index contributed by atoms with van der Waals surface area (Å²) in [5.74, 6) is -0.948. The van der Waals surface area contributed by atoms with Crippen LogP contribution in [-0.2, 0) is 0 Å². The second-order valence-corrected chi connectivity index (χ2v) is 4.39. The predicted octanol–water partition coefficient (Wildman–Crippen LogP) is 2.55. The summed E-state index contributed by atoms with van der Waals surface area (Å²) in [7, 11) is 0. The maximum atomic E-state index is 12.2. The molecule has 108 valence electrons. The molecule has 6 heteroatoms. The third-order valence-electron chi connectivity index (χ3n) is 2.94. The van der Waals surface area contributed by atoms with Crippen LogP contribution in [0.1, 0.15) is 22.8 Å². The van der Waals surface area contributed by atoms with E-state index in [0.717, 1.165) is 0 Å². The first-order valence-electron chi connectivity index (χ1n) is 6.14. The molecular weight excluding hydrogens is 272 g/mol. The third-order valence-corrected chi connectivity index (χ3v) is 2.94. The molecule has 0 aromatic heterocycles. The predicted molar refractivity (Wildman–Crippen MR) is 78.2 cm³/mol. The number of phenolic OH excluding ortho intramolecular Hbond substituents is 2. The van der Waals surface area contributed by atoms with E-state index in [1.807, 2.05) is 0 Å². The molecule has 0 aliphatic carbocycles. The van der Waals surface area contributed by atoms with Crippen molar-refractivity contribution in [2.24, 2.45) is 5.16 Å². The van der Waals surface area contributed by atoms with E-state index < -0.39 is 5.91 Å². The highest BCUT2D eigenvalue weighted by molar-refractivity contribution is 6.11. The zero-order valence-corrected chi connectivity index (χ0v) is 11.2. The zero-order chi connectivity index (χ0) is 15.4. The van der Waals surface area contributed by atoms with Gasteiger partial charge in [0.2, 0.25) is 0 Å². The molecule has 0 atom stereocenters. The van der Waals surface area contributed by atoms with Crippen molar-refractivity contribution in [3.63, 3.8) is 0 Å². The SMILES string of the molecule is C/C(=N/O)c1ccccc1NC(=O)c1cc(O)ccc1O. The summed E-state index contributed by atoms with van der Waals surface area (Å²) in [5, 5.41) is 33.6. The Labute approximate surface area is 121 Å². The fourth-order valence-electron chi connectivity index (χ4n) is 1.86. The van der Waals surface area contributed by atoms with E-state index in [1.165, 1.54) is 18.2 Å². The van der Waals surface area contributed by atoms with Crippen LogP contribution in [0.15, 0.2) is 47.6 Å². The van der Waals surface area contributed by atoms with Crippen LogP contribution < -0.4 is 5.32 Å². The minimum atomic E-state index is -0.582. The molecule has 0 saturated heterocycles. The molecule has 4 N–H and O–H groups in total. The number of nitrogens with zero attached hydrogens (tertiary/aromatic N) is 1. The molecule has 0 radical (unpaired) electrons. The van der Waals surface area contributed by atoms with Gasteiger partial charge in [-0.25, -0.2) is 0 Å². The van der Waals surface area contributed by atoms with Crippen LogP contribution in [-0.4, -0.2) is 27.0 Å². The van der Waals surface area contributed by atoms with E-state index in [0.29, 0.717) is 17.0 Å². The van der Waals surface area contributed by atoms with Gasteiger partial charge in [0.15, 0.2) is 0 Å². The van der Waals surface area contributed by atoms with E-state index in [-0.39, 0.29) is 17.1 Å². The van der Waals surface area contributed by atoms with Gasteiger partial charge in [0.05, 0.1) is 17.0 Å². The molecular formula is C15H14N2O4. The number of oxime groups is 1. The number of para-hydroxylation sites is 1. The molecule has 0 heterocycles. The summed E-state index contributed by atoms with van der Waals surface area (Å²) in [5.41, 5.74) is 1.27. The Morgan fingerprint density at radius 2 is 1.81 bits per heavy atom. The molecule has 0 fully saturated rings. The largest absolute Gasteiger partial charge is 0.508 e. The summed E-state index contributed by atoms with van der Waals surface area (Å²) >= 11 is 0. The van der Waals surface area contributed by atoms with Gasteiger partial charge in [0, 0.05) is 5.56 Å². The van der Waals surface area contributed by atoms with Crippen LogP contribution in [0.5, 0.6) is 11.5 Å². The van der Waals surface area contributed by atoms with Gasteiger partial charge in [0.1, 0.15) is 11.5 Å². The monoisotopic (exact) mass is 286 g/mol. The van der Waals surface area contributed by atoms with E-state index in [9.17, 15) is 15.0 Å². The lowest BCUT2D eigenvalue weighted by molar-refractivity contribution is 0.102. The van der Waals surface area contributed by atoms with Gasteiger partial charge in [-0.15, -0.1) is 0 Å². The van der Waals surface area contributed by atoms with Crippen LogP contribution in [0.3, 0.4) is 0 Å². The summed E-state index contributed by atoms with van der Waals surface area (Å²) in [6.45, 7) is 1.59. The molecule has 0 unspecified atom stereocenters. The lowest BCUT2D eigenvalue weighted by Crippen LogP contribution is -2.14. The van der Waals surface area contributed by atoms with Gasteiger partial charge >= 0.3 is 0 Å². The summed E-state index contributed by atoms with van der Waals surface area (Å²) in [6, 6.07) is 10.5. The number of rotatable bonds is 3. The first-order valence-corrected chi connectivity index (χ1v) is 6.14. The molecule has 1 amide bonds. The van der Waals surface area contributed by atoms with Gasteiger partial charge in [-0.05, 0) is 31.2 Å². The highest BCUT2D eigenvalue weighted by atomic mass is 16.4. The standard InChI is InChI=1S/C15H14N2O4/c1-9(17-21)11-4-2-3-5-13(11)16-15(20)12-8-10(18)6-7-14(12)19/h2-8,18-19,21H,1H3,(H,16,20)/b17-9-. The average Bonchev–Trinajstić information content (AvgIpc) is 2.49. The molecule has 0 aliphatic heterocycles. The van der Waals surface area contributed by atoms with Crippen molar-refractivity contribution < 1.29 is 20.2 Å². The van der Waals surface area contributed by atoms with Crippen LogP contribution >= 0.6 is 0 Å². The number of aromatic hydroxyl groups is 2. The Morgan fingerprint density at radius 1 is 1.10 bits per heavy atom. The molecule has 2 aromatic carbocycles. The normalized spacial score (nSPS) is 11.2. The minimum absolute atomic E-state index is 0.0524. The van der Waals surface area contributed by atoms with E-state index in [2.05, 4.69) is 10.5 Å². The topological polar surface area (TPSA) is 102 Å². The van der Waals surface area contributed by atoms with Crippen molar-refractivity contribution in [1.82, 2.24) is 0 Å². The van der Waals surface area contributed by atoms with Gasteiger partial charge in [-0.3, -0.25) is 4.79 Å². The second-order valence-electron chi connectivity index (χ2n) is 4.39. The summed E-state index contributed by atoms with van der Waals surface area (Å²) in [4.78, 5) is 12.2. The lowest BCUT2D eigenvalue weighted by Gasteiger charge is -2.11. The maximum absolute atomic E-state index is 12.2. The van der Waals surface area contributed by atoms with Crippen LogP contribution in [0, 0.1) is 0 Å². The van der Waals surface area contributed by atoms with Crippen molar-refractivity contribution in [3.8, 4) is 11.5 Å². The van der Waals surface area contributed by atoms with Gasteiger partial charge in [-0.2, -0.15) is 0 Å². The molecule has 21 heavy (non-hydrogen) atoms. The van der Waals surface area contributed by atoms with Crippen LogP contribution in [0.25, 0.3) is 0 Å². The van der Waals surface area contributed by atoms with Crippen molar-refractivity contribution in [2.75, 3.05) is 5.32 Å². The van der Waals surface area contributed by atoms with E-state index in [4.69, 9.17) is 5.21 Å². The van der Waals surface area contributed by atoms with Gasteiger partial charge in [-0.1, -0.05) is 23.4 Å². The highest BCUT2D eigenvalue weighted by Gasteiger charge is 2.14. The van der Waals surface area contributed by atoms with Crippen molar-refractivity contribution in [2.45, 2.75) is 6.92 Å². The Balaban J connectivity index is 2.34.